The van der Waals surface area contributed by atoms with Crippen LogP contribution in [0, 0.1) is 0 Å². The molecule has 1 amide bonds. The number of likely N-dealkylation sites (tertiary alicyclic amines) is 1. The SMILES string of the molecule is CC(C)N(C(=O)CN1CCC[C@@H]1c1ccc2c(c1)OCCCO2)c1ccccc1. The van der Waals surface area contributed by atoms with E-state index in [2.05, 4.69) is 30.9 Å². The van der Waals surface area contributed by atoms with Gasteiger partial charge in [0.2, 0.25) is 5.91 Å². The second kappa shape index (κ2) is 8.87. The van der Waals surface area contributed by atoms with Gasteiger partial charge in [0.15, 0.2) is 11.5 Å². The fraction of sp³-hybridized carbons (Fsp3) is 0.458. The summed E-state index contributed by atoms with van der Waals surface area (Å²) in [6.45, 7) is 6.87. The summed E-state index contributed by atoms with van der Waals surface area (Å²) in [7, 11) is 0. The van der Waals surface area contributed by atoms with Crippen molar-refractivity contribution in [2.24, 2.45) is 0 Å². The highest BCUT2D eigenvalue weighted by atomic mass is 16.5. The summed E-state index contributed by atoms with van der Waals surface area (Å²) in [5.74, 6) is 1.79. The lowest BCUT2D eigenvalue weighted by Gasteiger charge is -2.31. The number of rotatable bonds is 5. The van der Waals surface area contributed by atoms with E-state index in [0.717, 1.165) is 43.0 Å². The number of fused-ring (bicyclic) bond motifs is 1. The summed E-state index contributed by atoms with van der Waals surface area (Å²) in [5.41, 5.74) is 2.16. The number of ether oxygens (including phenoxy) is 2. The number of benzene rings is 2. The molecule has 0 spiro atoms. The van der Waals surface area contributed by atoms with Crippen molar-refractivity contribution >= 4 is 11.6 Å². The van der Waals surface area contributed by atoms with Crippen LogP contribution in [0.4, 0.5) is 5.69 Å². The van der Waals surface area contributed by atoms with Crippen molar-refractivity contribution in [1.29, 1.82) is 0 Å². The predicted octanol–water partition coefficient (Wildman–Crippen LogP) is 4.43. The summed E-state index contributed by atoms with van der Waals surface area (Å²) in [4.78, 5) is 17.4. The molecule has 2 aromatic carbocycles. The summed E-state index contributed by atoms with van der Waals surface area (Å²) < 4.78 is 11.6. The van der Waals surface area contributed by atoms with Gasteiger partial charge >= 0.3 is 0 Å². The molecule has 0 aromatic heterocycles. The fourth-order valence-electron chi connectivity index (χ4n) is 4.35. The molecule has 1 atom stereocenters. The first-order chi connectivity index (χ1) is 14.1. The highest BCUT2D eigenvalue weighted by Gasteiger charge is 2.31. The van der Waals surface area contributed by atoms with E-state index in [0.29, 0.717) is 19.8 Å². The highest BCUT2D eigenvalue weighted by Crippen LogP contribution is 2.38. The molecule has 0 N–H and O–H groups in total. The van der Waals surface area contributed by atoms with E-state index in [4.69, 9.17) is 9.47 Å². The van der Waals surface area contributed by atoms with Gasteiger partial charge in [0.05, 0.1) is 19.8 Å². The Bertz CT molecular complexity index is 837. The molecule has 5 heteroatoms. The van der Waals surface area contributed by atoms with Gasteiger partial charge in [0.1, 0.15) is 0 Å². The van der Waals surface area contributed by atoms with Gasteiger partial charge in [-0.25, -0.2) is 0 Å². The number of hydrogen-bond acceptors (Lipinski definition) is 4. The Morgan fingerprint density at radius 1 is 1.07 bits per heavy atom. The third kappa shape index (κ3) is 4.40. The van der Waals surface area contributed by atoms with E-state index in [1.54, 1.807) is 0 Å². The maximum atomic E-state index is 13.2. The minimum atomic E-state index is 0.115. The number of carbonyl (C=O) groups excluding carboxylic acids is 1. The van der Waals surface area contributed by atoms with Crippen LogP contribution in [0.5, 0.6) is 11.5 Å². The van der Waals surface area contributed by atoms with Crippen molar-refractivity contribution in [3.8, 4) is 11.5 Å². The quantitative estimate of drug-likeness (QED) is 0.753. The van der Waals surface area contributed by atoms with E-state index in [1.807, 2.05) is 41.3 Å². The minimum absolute atomic E-state index is 0.115. The standard InChI is InChI=1S/C24H30N2O3/c1-18(2)26(20-8-4-3-5-9-20)24(27)17-25-13-6-10-21(25)19-11-12-22-23(16-19)29-15-7-14-28-22/h3-5,8-9,11-12,16,18,21H,6-7,10,13-15,17H2,1-2H3/t21-/m1/s1. The average molecular weight is 395 g/mol. The monoisotopic (exact) mass is 394 g/mol. The summed E-state index contributed by atoms with van der Waals surface area (Å²) in [5, 5.41) is 0. The number of anilines is 1. The van der Waals surface area contributed by atoms with E-state index < -0.39 is 0 Å². The minimum Gasteiger partial charge on any atom is -0.490 e. The van der Waals surface area contributed by atoms with Crippen LogP contribution in [0.15, 0.2) is 48.5 Å². The first-order valence-corrected chi connectivity index (χ1v) is 10.6. The Hall–Kier alpha value is -2.53. The van der Waals surface area contributed by atoms with Crippen LogP contribution in [0.3, 0.4) is 0 Å². The van der Waals surface area contributed by atoms with E-state index in [-0.39, 0.29) is 18.0 Å². The van der Waals surface area contributed by atoms with Gasteiger partial charge in [-0.2, -0.15) is 0 Å². The molecule has 29 heavy (non-hydrogen) atoms. The van der Waals surface area contributed by atoms with Crippen molar-refractivity contribution in [2.75, 3.05) is 31.2 Å². The zero-order chi connectivity index (χ0) is 20.2. The lowest BCUT2D eigenvalue weighted by atomic mass is 10.0. The van der Waals surface area contributed by atoms with Crippen LogP contribution in [-0.4, -0.2) is 43.2 Å². The fourth-order valence-corrected chi connectivity index (χ4v) is 4.35. The van der Waals surface area contributed by atoms with Crippen molar-refractivity contribution in [3.63, 3.8) is 0 Å². The second-order valence-corrected chi connectivity index (χ2v) is 8.08. The third-order valence-electron chi connectivity index (χ3n) is 5.68. The van der Waals surface area contributed by atoms with Crippen LogP contribution in [0.1, 0.15) is 44.7 Å². The zero-order valence-corrected chi connectivity index (χ0v) is 17.3. The van der Waals surface area contributed by atoms with Crippen molar-refractivity contribution < 1.29 is 14.3 Å². The van der Waals surface area contributed by atoms with Crippen LogP contribution in [0.25, 0.3) is 0 Å². The molecule has 1 fully saturated rings. The van der Waals surface area contributed by atoms with Gasteiger partial charge < -0.3 is 14.4 Å². The molecule has 154 valence electrons. The number of nitrogens with zero attached hydrogens (tertiary/aromatic N) is 2. The summed E-state index contributed by atoms with van der Waals surface area (Å²) in [6, 6.07) is 16.5. The summed E-state index contributed by atoms with van der Waals surface area (Å²) >= 11 is 0. The Labute approximate surface area is 173 Å². The predicted molar refractivity (Wildman–Crippen MR) is 115 cm³/mol. The Kier molecular flexibility index (Phi) is 6.05. The van der Waals surface area contributed by atoms with Crippen LogP contribution < -0.4 is 14.4 Å². The van der Waals surface area contributed by atoms with Crippen molar-refractivity contribution in [2.45, 2.75) is 45.2 Å². The van der Waals surface area contributed by atoms with Gasteiger partial charge in [-0.1, -0.05) is 24.3 Å². The lowest BCUT2D eigenvalue weighted by Crippen LogP contribution is -2.43. The largest absolute Gasteiger partial charge is 0.490 e. The summed E-state index contributed by atoms with van der Waals surface area (Å²) in [6.07, 6.45) is 3.05. The smallest absolute Gasteiger partial charge is 0.241 e. The van der Waals surface area contributed by atoms with Gasteiger partial charge in [-0.05, 0) is 63.1 Å². The molecule has 0 saturated carbocycles. The Morgan fingerprint density at radius 3 is 2.59 bits per heavy atom. The maximum absolute atomic E-state index is 13.2. The topological polar surface area (TPSA) is 42.0 Å². The normalized spacial score (nSPS) is 19.2. The molecule has 2 aromatic rings. The van der Waals surface area contributed by atoms with Crippen LogP contribution in [0.2, 0.25) is 0 Å². The number of carbonyl (C=O) groups is 1. The van der Waals surface area contributed by atoms with E-state index in [1.165, 1.54) is 5.56 Å². The Morgan fingerprint density at radius 2 is 1.83 bits per heavy atom. The zero-order valence-electron chi connectivity index (χ0n) is 17.3. The van der Waals surface area contributed by atoms with E-state index in [9.17, 15) is 4.79 Å². The van der Waals surface area contributed by atoms with Gasteiger partial charge in [-0.3, -0.25) is 9.69 Å². The molecular weight excluding hydrogens is 364 g/mol. The maximum Gasteiger partial charge on any atom is 0.241 e. The number of para-hydroxylation sites is 1. The number of amides is 1. The molecule has 0 aliphatic carbocycles. The molecule has 1 saturated heterocycles. The molecular formula is C24H30N2O3. The number of hydrogen-bond donors (Lipinski definition) is 0. The average Bonchev–Trinajstić information content (AvgIpc) is 3.04. The molecule has 2 aliphatic heterocycles. The van der Waals surface area contributed by atoms with Crippen molar-refractivity contribution in [1.82, 2.24) is 4.90 Å². The molecule has 0 bridgehead atoms. The van der Waals surface area contributed by atoms with Crippen LogP contribution in [-0.2, 0) is 4.79 Å². The molecule has 2 aliphatic rings. The molecule has 0 radical (unpaired) electrons. The van der Waals surface area contributed by atoms with Gasteiger partial charge in [0, 0.05) is 24.2 Å². The third-order valence-corrected chi connectivity index (χ3v) is 5.68. The first kappa shape index (κ1) is 19.8. The lowest BCUT2D eigenvalue weighted by molar-refractivity contribution is -0.120. The molecule has 2 heterocycles. The second-order valence-electron chi connectivity index (χ2n) is 8.08. The van der Waals surface area contributed by atoms with Crippen LogP contribution >= 0.6 is 0 Å². The first-order valence-electron chi connectivity index (χ1n) is 10.6. The van der Waals surface area contributed by atoms with E-state index >= 15 is 0 Å². The molecule has 0 unspecified atom stereocenters. The Balaban J connectivity index is 1.51. The molecule has 4 rings (SSSR count). The van der Waals surface area contributed by atoms with Crippen molar-refractivity contribution in [3.05, 3.63) is 54.1 Å². The highest BCUT2D eigenvalue weighted by molar-refractivity contribution is 5.95. The van der Waals surface area contributed by atoms with Gasteiger partial charge in [0.25, 0.3) is 0 Å². The van der Waals surface area contributed by atoms with Gasteiger partial charge in [-0.15, -0.1) is 0 Å². The molecule has 5 nitrogen and oxygen atoms in total.